The molecule has 0 saturated heterocycles. The molecule has 0 fully saturated rings. The third-order valence-corrected chi connectivity index (χ3v) is 3.33. The summed E-state index contributed by atoms with van der Waals surface area (Å²) in [4.78, 5) is 1.23. The van der Waals surface area contributed by atoms with Gasteiger partial charge in [-0.25, -0.2) is 0 Å². The number of hydrogen-bond donors (Lipinski definition) is 1. The molecule has 0 amide bonds. The summed E-state index contributed by atoms with van der Waals surface area (Å²) in [5.74, 6) is 0.683. The van der Waals surface area contributed by atoms with E-state index in [4.69, 9.17) is 5.73 Å². The van der Waals surface area contributed by atoms with Gasteiger partial charge >= 0.3 is 0 Å². The van der Waals surface area contributed by atoms with Crippen LogP contribution in [0.1, 0.15) is 5.56 Å². The van der Waals surface area contributed by atoms with Gasteiger partial charge in [-0.15, -0.1) is 11.8 Å². The van der Waals surface area contributed by atoms with Crippen LogP contribution in [0.4, 0.5) is 5.82 Å². The molecule has 0 aliphatic rings. The summed E-state index contributed by atoms with van der Waals surface area (Å²) in [5.41, 5.74) is 9.13. The van der Waals surface area contributed by atoms with Crippen LogP contribution in [0.3, 0.4) is 0 Å². The maximum absolute atomic E-state index is 5.79. The minimum atomic E-state index is 0.683. The second-order valence-electron chi connectivity index (χ2n) is 3.78. The Bertz CT molecular complexity index is 497. The molecule has 0 spiro atoms. The van der Waals surface area contributed by atoms with Crippen molar-refractivity contribution < 1.29 is 0 Å². The summed E-state index contributed by atoms with van der Waals surface area (Å²) < 4.78 is 1.69. The monoisotopic (exact) mass is 233 g/mol. The first kappa shape index (κ1) is 11.1. The Hall–Kier alpha value is -1.42. The zero-order valence-electron chi connectivity index (χ0n) is 9.69. The number of thioether (sulfide) groups is 1. The van der Waals surface area contributed by atoms with E-state index in [1.54, 1.807) is 16.4 Å². The summed E-state index contributed by atoms with van der Waals surface area (Å²) in [6, 6.07) is 8.28. The van der Waals surface area contributed by atoms with Gasteiger partial charge in [-0.05, 0) is 24.8 Å². The van der Waals surface area contributed by atoms with Crippen LogP contribution >= 0.6 is 11.8 Å². The quantitative estimate of drug-likeness (QED) is 0.811. The largest absolute Gasteiger partial charge is 0.384 e. The van der Waals surface area contributed by atoms with Crippen molar-refractivity contribution in [1.82, 2.24) is 9.78 Å². The summed E-state index contributed by atoms with van der Waals surface area (Å²) >= 11 is 1.73. The Morgan fingerprint density at radius 3 is 2.62 bits per heavy atom. The molecule has 4 heteroatoms. The van der Waals surface area contributed by atoms with Crippen molar-refractivity contribution in [2.75, 3.05) is 12.0 Å². The highest BCUT2D eigenvalue weighted by atomic mass is 32.2. The van der Waals surface area contributed by atoms with Gasteiger partial charge in [0.15, 0.2) is 0 Å². The van der Waals surface area contributed by atoms with Gasteiger partial charge < -0.3 is 5.73 Å². The Kier molecular flexibility index (Phi) is 2.92. The molecule has 3 nitrogen and oxygen atoms in total. The van der Waals surface area contributed by atoms with Gasteiger partial charge in [-0.3, -0.25) is 4.68 Å². The second-order valence-corrected chi connectivity index (χ2v) is 4.63. The summed E-state index contributed by atoms with van der Waals surface area (Å²) in [5, 5.41) is 4.40. The fourth-order valence-electron chi connectivity index (χ4n) is 1.62. The van der Waals surface area contributed by atoms with Crippen molar-refractivity contribution in [2.45, 2.75) is 11.8 Å². The molecule has 0 aliphatic heterocycles. The molecule has 1 heterocycles. The third kappa shape index (κ3) is 1.93. The molecule has 1 aromatic carbocycles. The first-order valence-electron chi connectivity index (χ1n) is 5.06. The van der Waals surface area contributed by atoms with E-state index >= 15 is 0 Å². The molecule has 16 heavy (non-hydrogen) atoms. The number of aromatic nitrogens is 2. The molecule has 0 unspecified atom stereocenters. The zero-order chi connectivity index (χ0) is 11.7. The van der Waals surface area contributed by atoms with Crippen molar-refractivity contribution in [2.24, 2.45) is 7.05 Å². The maximum Gasteiger partial charge on any atom is 0.121 e. The Morgan fingerprint density at radius 2 is 2.06 bits per heavy atom. The van der Waals surface area contributed by atoms with Gasteiger partial charge in [-0.1, -0.05) is 12.1 Å². The fourth-order valence-corrected chi connectivity index (χ4v) is 2.32. The van der Waals surface area contributed by atoms with Gasteiger partial charge in [0, 0.05) is 23.6 Å². The SMILES string of the molecule is CSc1cc(C)ccc1-c1cc(N)n(C)n1. The van der Waals surface area contributed by atoms with E-state index in [0.29, 0.717) is 5.82 Å². The highest BCUT2D eigenvalue weighted by Gasteiger charge is 2.09. The van der Waals surface area contributed by atoms with Gasteiger partial charge in [-0.2, -0.15) is 5.10 Å². The lowest BCUT2D eigenvalue weighted by molar-refractivity contribution is 0.782. The number of benzene rings is 1. The van der Waals surface area contributed by atoms with Crippen LogP contribution in [0.15, 0.2) is 29.2 Å². The topological polar surface area (TPSA) is 43.8 Å². The second kappa shape index (κ2) is 4.22. The normalized spacial score (nSPS) is 10.7. The van der Waals surface area contributed by atoms with Crippen LogP contribution in [0, 0.1) is 6.92 Å². The van der Waals surface area contributed by atoms with Crippen LogP contribution in [0.5, 0.6) is 0 Å². The number of aryl methyl sites for hydroxylation is 2. The maximum atomic E-state index is 5.79. The van der Waals surface area contributed by atoms with E-state index in [1.807, 2.05) is 13.1 Å². The van der Waals surface area contributed by atoms with Crippen LogP contribution in [0.2, 0.25) is 0 Å². The summed E-state index contributed by atoms with van der Waals surface area (Å²) in [6.07, 6.45) is 2.07. The van der Waals surface area contributed by atoms with Gasteiger partial charge in [0.25, 0.3) is 0 Å². The average molecular weight is 233 g/mol. The lowest BCUT2D eigenvalue weighted by Gasteiger charge is -2.05. The number of anilines is 1. The van der Waals surface area contributed by atoms with E-state index in [-0.39, 0.29) is 0 Å². The molecule has 1 aromatic heterocycles. The summed E-state index contributed by atoms with van der Waals surface area (Å²) in [7, 11) is 1.85. The number of nitrogen functional groups attached to an aromatic ring is 1. The summed E-state index contributed by atoms with van der Waals surface area (Å²) in [6.45, 7) is 2.09. The zero-order valence-corrected chi connectivity index (χ0v) is 10.5. The molecule has 0 bridgehead atoms. The molecular formula is C12H15N3S. The van der Waals surface area contributed by atoms with E-state index < -0.39 is 0 Å². The molecule has 84 valence electrons. The molecule has 0 atom stereocenters. The van der Waals surface area contributed by atoms with Crippen molar-refractivity contribution in [3.05, 3.63) is 29.8 Å². The molecular weight excluding hydrogens is 218 g/mol. The third-order valence-electron chi connectivity index (χ3n) is 2.55. The van der Waals surface area contributed by atoms with Crippen LogP contribution in [-0.2, 0) is 7.05 Å². The van der Waals surface area contributed by atoms with Crippen LogP contribution < -0.4 is 5.73 Å². The van der Waals surface area contributed by atoms with E-state index in [1.165, 1.54) is 10.5 Å². The number of nitrogens with two attached hydrogens (primary N) is 1. The molecule has 2 rings (SSSR count). The van der Waals surface area contributed by atoms with Crippen molar-refractivity contribution in [1.29, 1.82) is 0 Å². The number of rotatable bonds is 2. The van der Waals surface area contributed by atoms with Gasteiger partial charge in [0.05, 0.1) is 5.69 Å². The minimum Gasteiger partial charge on any atom is -0.384 e. The van der Waals surface area contributed by atoms with Crippen molar-refractivity contribution in [3.8, 4) is 11.3 Å². The first-order chi connectivity index (χ1) is 7.61. The average Bonchev–Trinajstić information content (AvgIpc) is 2.59. The van der Waals surface area contributed by atoms with Crippen LogP contribution in [0.25, 0.3) is 11.3 Å². The fraction of sp³-hybridized carbons (Fsp3) is 0.250. The minimum absolute atomic E-state index is 0.683. The van der Waals surface area contributed by atoms with E-state index in [9.17, 15) is 0 Å². The highest BCUT2D eigenvalue weighted by molar-refractivity contribution is 7.98. The molecule has 2 aromatic rings. The van der Waals surface area contributed by atoms with Crippen LogP contribution in [-0.4, -0.2) is 16.0 Å². The van der Waals surface area contributed by atoms with Gasteiger partial charge in [0.2, 0.25) is 0 Å². The predicted molar refractivity (Wildman–Crippen MR) is 69.6 cm³/mol. The Morgan fingerprint density at radius 1 is 1.31 bits per heavy atom. The van der Waals surface area contributed by atoms with Crippen molar-refractivity contribution >= 4 is 17.6 Å². The smallest absolute Gasteiger partial charge is 0.121 e. The first-order valence-corrected chi connectivity index (χ1v) is 6.29. The lowest BCUT2D eigenvalue weighted by atomic mass is 10.1. The Balaban J connectivity index is 2.55. The molecule has 0 aliphatic carbocycles. The van der Waals surface area contributed by atoms with E-state index in [2.05, 4.69) is 36.5 Å². The molecule has 0 radical (unpaired) electrons. The van der Waals surface area contributed by atoms with Gasteiger partial charge in [0.1, 0.15) is 5.82 Å². The van der Waals surface area contributed by atoms with Crippen molar-refractivity contribution in [3.63, 3.8) is 0 Å². The Labute approximate surface area is 99.7 Å². The number of hydrogen-bond acceptors (Lipinski definition) is 3. The lowest BCUT2D eigenvalue weighted by Crippen LogP contribution is -1.96. The number of nitrogens with zero attached hydrogens (tertiary/aromatic N) is 2. The molecule has 0 saturated carbocycles. The van der Waals surface area contributed by atoms with E-state index in [0.717, 1.165) is 11.3 Å². The highest BCUT2D eigenvalue weighted by Crippen LogP contribution is 2.30. The standard InChI is InChI=1S/C12H15N3S/c1-8-4-5-9(11(6-8)16-3)10-7-12(13)15(2)14-10/h4-7H,13H2,1-3H3. The molecule has 2 N–H and O–H groups in total. The predicted octanol–water partition coefficient (Wildman–Crippen LogP) is 2.70.